The van der Waals surface area contributed by atoms with Gasteiger partial charge in [0.25, 0.3) is 5.91 Å². The fraction of sp³-hybridized carbons (Fsp3) is 0.200. The van der Waals surface area contributed by atoms with Crippen LogP contribution in [0, 0.1) is 18.7 Å². The molecular weight excluding hydrogens is 395 g/mol. The van der Waals surface area contributed by atoms with Crippen LogP contribution in [0.25, 0.3) is 0 Å². The quantitative estimate of drug-likeness (QED) is 0.599. The monoisotopic (exact) mass is 416 g/mol. The van der Waals surface area contributed by atoms with Crippen molar-refractivity contribution >= 4 is 17.5 Å². The number of carbonyl (C=O) groups is 2. The molecule has 0 aliphatic carbocycles. The highest BCUT2D eigenvalue weighted by molar-refractivity contribution is 6.07. The Labute approximate surface area is 179 Å². The molecule has 0 aromatic heterocycles. The van der Waals surface area contributed by atoms with E-state index in [0.29, 0.717) is 0 Å². The molecule has 0 unspecified atom stereocenters. The first-order valence-electron chi connectivity index (χ1n) is 10.2. The number of hydrogen-bond acceptors (Lipinski definition) is 4. The summed E-state index contributed by atoms with van der Waals surface area (Å²) in [5.74, 6) is -1.69. The van der Waals surface area contributed by atoms with E-state index in [1.54, 1.807) is 17.2 Å². The van der Waals surface area contributed by atoms with Crippen LogP contribution < -0.4 is 5.06 Å². The van der Waals surface area contributed by atoms with Crippen molar-refractivity contribution in [2.75, 3.05) is 5.06 Å². The number of aryl methyl sites for hydroxylation is 1. The first-order chi connectivity index (χ1) is 15.0. The van der Waals surface area contributed by atoms with Crippen molar-refractivity contribution in [2.24, 2.45) is 5.92 Å². The molecule has 0 bridgehead atoms. The van der Waals surface area contributed by atoms with Gasteiger partial charge >= 0.3 is 0 Å². The molecule has 0 radical (unpaired) electrons. The Morgan fingerprint density at radius 2 is 1.55 bits per heavy atom. The third-order valence-corrected chi connectivity index (χ3v) is 5.95. The van der Waals surface area contributed by atoms with Gasteiger partial charge in [-0.05, 0) is 41.8 Å². The van der Waals surface area contributed by atoms with E-state index in [1.165, 1.54) is 17.0 Å². The summed E-state index contributed by atoms with van der Waals surface area (Å²) in [5.41, 5.74) is 3.33. The number of nitrogens with zero attached hydrogens (tertiary/aromatic N) is 2. The van der Waals surface area contributed by atoms with Gasteiger partial charge in [-0.15, -0.1) is 0 Å². The smallest absolute Gasteiger partial charge is 0.262 e. The van der Waals surface area contributed by atoms with Gasteiger partial charge in [-0.3, -0.25) is 19.3 Å². The van der Waals surface area contributed by atoms with Crippen molar-refractivity contribution in [2.45, 2.75) is 25.6 Å². The summed E-state index contributed by atoms with van der Waals surface area (Å²) < 4.78 is 13.6. The van der Waals surface area contributed by atoms with E-state index in [2.05, 4.69) is 0 Å². The van der Waals surface area contributed by atoms with Crippen LogP contribution in [0.2, 0.25) is 0 Å². The summed E-state index contributed by atoms with van der Waals surface area (Å²) in [4.78, 5) is 34.0. The molecule has 6 heteroatoms. The average Bonchev–Trinajstić information content (AvgIpc) is 3.27. The van der Waals surface area contributed by atoms with E-state index < -0.39 is 18.1 Å². The molecule has 2 aliphatic heterocycles. The molecule has 5 nitrogen and oxygen atoms in total. The van der Waals surface area contributed by atoms with Gasteiger partial charge < -0.3 is 0 Å². The molecule has 3 aromatic carbocycles. The SMILES string of the molecule is Cc1ccccc1N1O[C@@H]2C(=O)N(Cc3ccccc3)C(=O)[C@H]2[C@H]1c1ccc(F)cc1. The number of fused-ring (bicyclic) bond motifs is 1. The van der Waals surface area contributed by atoms with Gasteiger partial charge in [0.1, 0.15) is 11.7 Å². The number of anilines is 1. The van der Waals surface area contributed by atoms with Crippen molar-refractivity contribution in [3.05, 3.63) is 101 Å². The number of halogens is 1. The van der Waals surface area contributed by atoms with Crippen LogP contribution in [0.15, 0.2) is 78.9 Å². The van der Waals surface area contributed by atoms with Crippen molar-refractivity contribution in [1.82, 2.24) is 4.90 Å². The molecule has 5 rings (SSSR count). The van der Waals surface area contributed by atoms with Crippen LogP contribution in [0.4, 0.5) is 10.1 Å². The normalized spacial score (nSPS) is 22.8. The molecular formula is C25H21FN2O3. The molecule has 0 saturated carbocycles. The predicted octanol–water partition coefficient (Wildman–Crippen LogP) is 4.18. The second kappa shape index (κ2) is 7.63. The van der Waals surface area contributed by atoms with Gasteiger partial charge in [0, 0.05) is 0 Å². The second-order valence-electron chi connectivity index (χ2n) is 7.91. The van der Waals surface area contributed by atoms with E-state index >= 15 is 0 Å². The molecule has 3 atom stereocenters. The highest BCUT2D eigenvalue weighted by atomic mass is 19.1. The minimum atomic E-state index is -0.911. The van der Waals surface area contributed by atoms with Gasteiger partial charge in [0.15, 0.2) is 6.10 Å². The molecule has 2 fully saturated rings. The molecule has 2 amide bonds. The fourth-order valence-electron chi connectivity index (χ4n) is 4.41. The maximum absolute atomic E-state index is 13.6. The predicted molar refractivity (Wildman–Crippen MR) is 113 cm³/mol. The lowest BCUT2D eigenvalue weighted by atomic mass is 9.90. The van der Waals surface area contributed by atoms with Crippen molar-refractivity contribution in [3.8, 4) is 0 Å². The Kier molecular flexibility index (Phi) is 4.79. The molecule has 156 valence electrons. The van der Waals surface area contributed by atoms with Gasteiger partial charge in [0.2, 0.25) is 5.91 Å². The number of amides is 2. The number of carbonyl (C=O) groups excluding carboxylic acids is 2. The molecule has 0 N–H and O–H groups in total. The van der Waals surface area contributed by atoms with Gasteiger partial charge in [-0.1, -0.05) is 60.7 Å². The van der Waals surface area contributed by atoms with Crippen molar-refractivity contribution < 1.29 is 18.8 Å². The summed E-state index contributed by atoms with van der Waals surface area (Å²) >= 11 is 0. The lowest BCUT2D eigenvalue weighted by Crippen LogP contribution is -2.37. The molecule has 31 heavy (non-hydrogen) atoms. The van der Waals surface area contributed by atoms with Crippen LogP contribution in [0.3, 0.4) is 0 Å². The Hall–Kier alpha value is -3.51. The van der Waals surface area contributed by atoms with Crippen LogP contribution in [0.5, 0.6) is 0 Å². The number of hydroxylamine groups is 1. The zero-order chi connectivity index (χ0) is 21.5. The largest absolute Gasteiger partial charge is 0.275 e. The van der Waals surface area contributed by atoms with Gasteiger partial charge in [-0.25, -0.2) is 9.45 Å². The number of likely N-dealkylation sites (tertiary alicyclic amines) is 1. The van der Waals surface area contributed by atoms with Crippen LogP contribution in [0.1, 0.15) is 22.7 Å². The van der Waals surface area contributed by atoms with Crippen molar-refractivity contribution in [3.63, 3.8) is 0 Å². The number of benzene rings is 3. The highest BCUT2D eigenvalue weighted by Crippen LogP contribution is 2.47. The van der Waals surface area contributed by atoms with E-state index in [4.69, 9.17) is 4.84 Å². The third kappa shape index (κ3) is 3.29. The number of imide groups is 1. The summed E-state index contributed by atoms with van der Waals surface area (Å²) in [6.45, 7) is 2.15. The Morgan fingerprint density at radius 3 is 2.26 bits per heavy atom. The number of para-hydroxylation sites is 1. The van der Waals surface area contributed by atoms with Crippen LogP contribution in [-0.2, 0) is 21.0 Å². The number of rotatable bonds is 4. The lowest BCUT2D eigenvalue weighted by Gasteiger charge is -2.29. The van der Waals surface area contributed by atoms with Crippen molar-refractivity contribution in [1.29, 1.82) is 0 Å². The Bertz CT molecular complexity index is 1130. The fourth-order valence-corrected chi connectivity index (χ4v) is 4.41. The summed E-state index contributed by atoms with van der Waals surface area (Å²) in [6, 6.07) is 22.5. The summed E-state index contributed by atoms with van der Waals surface area (Å²) in [6.07, 6.45) is -0.911. The minimum Gasteiger partial charge on any atom is -0.275 e. The van der Waals surface area contributed by atoms with Crippen LogP contribution in [-0.4, -0.2) is 22.8 Å². The van der Waals surface area contributed by atoms with E-state index in [1.807, 2.05) is 61.5 Å². The number of hydrogen-bond donors (Lipinski definition) is 0. The lowest BCUT2D eigenvalue weighted by molar-refractivity contribution is -0.143. The molecule has 2 heterocycles. The average molecular weight is 416 g/mol. The maximum atomic E-state index is 13.6. The summed E-state index contributed by atoms with van der Waals surface area (Å²) in [7, 11) is 0. The van der Waals surface area contributed by atoms with E-state index in [9.17, 15) is 14.0 Å². The molecule has 3 aromatic rings. The standard InChI is InChI=1S/C25H21FN2O3/c1-16-7-5-6-10-20(16)28-22(18-11-13-19(26)14-12-18)21-23(31-28)25(30)27(24(21)29)15-17-8-3-2-4-9-17/h2-14,21-23H,15H2,1H3/t21-,22+,23-/m0/s1. The zero-order valence-electron chi connectivity index (χ0n) is 16.9. The van der Waals surface area contributed by atoms with Crippen LogP contribution >= 0.6 is 0 Å². The molecule has 2 aliphatic rings. The zero-order valence-corrected chi connectivity index (χ0v) is 16.9. The topological polar surface area (TPSA) is 49.9 Å². The maximum Gasteiger partial charge on any atom is 0.262 e. The van der Waals surface area contributed by atoms with E-state index in [-0.39, 0.29) is 24.2 Å². The first-order valence-corrected chi connectivity index (χ1v) is 10.2. The molecule has 0 spiro atoms. The van der Waals surface area contributed by atoms with Gasteiger partial charge in [-0.2, -0.15) is 0 Å². The highest BCUT2D eigenvalue weighted by Gasteiger charge is 2.59. The first kappa shape index (κ1) is 19.5. The Balaban J connectivity index is 1.54. The summed E-state index contributed by atoms with van der Waals surface area (Å²) in [5, 5.41) is 1.65. The Morgan fingerprint density at radius 1 is 0.871 bits per heavy atom. The third-order valence-electron chi connectivity index (χ3n) is 5.95. The van der Waals surface area contributed by atoms with Gasteiger partial charge in [0.05, 0.1) is 18.3 Å². The second-order valence-corrected chi connectivity index (χ2v) is 7.91. The molecule has 2 saturated heterocycles. The minimum absolute atomic E-state index is 0.204. The van der Waals surface area contributed by atoms with E-state index in [0.717, 1.165) is 22.4 Å².